The summed E-state index contributed by atoms with van der Waals surface area (Å²) in [4.78, 5) is 0. The molecule has 22 heavy (non-hydrogen) atoms. The van der Waals surface area contributed by atoms with Crippen molar-refractivity contribution in [1.82, 2.24) is 0 Å². The third-order valence-corrected chi connectivity index (χ3v) is 3.57. The lowest BCUT2D eigenvalue weighted by Crippen LogP contribution is -1.83. The van der Waals surface area contributed by atoms with Crippen LogP contribution in [0, 0.1) is 0 Å². The number of fused-ring (bicyclic) bond motifs is 1. The molecule has 112 valence electrons. The van der Waals surface area contributed by atoms with Crippen molar-refractivity contribution in [1.29, 1.82) is 0 Å². The van der Waals surface area contributed by atoms with Gasteiger partial charge in [-0.25, -0.2) is 0 Å². The minimum absolute atomic E-state index is 0.822. The molecule has 0 fully saturated rings. The Kier molecular flexibility index (Phi) is 3.88. The van der Waals surface area contributed by atoms with Gasteiger partial charge in [0.25, 0.3) is 0 Å². The number of rotatable bonds is 4. The molecule has 0 amide bonds. The maximum Gasteiger partial charge on any atom is 0.142 e. The van der Waals surface area contributed by atoms with Crippen molar-refractivity contribution >= 4 is 17.0 Å². The van der Waals surface area contributed by atoms with E-state index in [1.165, 1.54) is 0 Å². The monoisotopic (exact) mass is 294 g/mol. The van der Waals surface area contributed by atoms with E-state index in [1.807, 2.05) is 61.5 Å². The smallest absolute Gasteiger partial charge is 0.142 e. The summed E-state index contributed by atoms with van der Waals surface area (Å²) in [5.74, 6) is 2.48. The number of ether oxygens (including phenoxy) is 2. The molecule has 0 bridgehead atoms. The fourth-order valence-electron chi connectivity index (χ4n) is 2.47. The lowest BCUT2D eigenvalue weighted by molar-refractivity contribution is 0.414. The largest absolute Gasteiger partial charge is 0.497 e. The zero-order valence-corrected chi connectivity index (χ0v) is 12.9. The Labute approximate surface area is 129 Å². The molecule has 3 heteroatoms. The van der Waals surface area contributed by atoms with Crippen LogP contribution < -0.4 is 9.47 Å². The van der Waals surface area contributed by atoms with Crippen molar-refractivity contribution < 1.29 is 13.9 Å². The molecule has 1 heterocycles. The summed E-state index contributed by atoms with van der Waals surface area (Å²) in [6.07, 6.45) is 4.01. The van der Waals surface area contributed by atoms with Crippen LogP contribution in [-0.4, -0.2) is 14.2 Å². The number of methoxy groups -OCH3 is 2. The lowest BCUT2D eigenvalue weighted by Gasteiger charge is -2.02. The molecule has 0 N–H and O–H groups in total. The van der Waals surface area contributed by atoms with E-state index in [9.17, 15) is 0 Å². The first-order valence-electron chi connectivity index (χ1n) is 7.14. The zero-order valence-electron chi connectivity index (χ0n) is 12.9. The topological polar surface area (TPSA) is 31.6 Å². The average Bonchev–Trinajstić information content (AvgIpc) is 2.99. The average molecular weight is 294 g/mol. The van der Waals surface area contributed by atoms with Gasteiger partial charge in [0, 0.05) is 16.5 Å². The first-order chi connectivity index (χ1) is 10.7. The molecule has 0 aliphatic rings. The molecule has 2 aromatic carbocycles. The standard InChI is InChI=1S/C19H18O3/c1-4-5-14-10-17(21-3)11-15-12-18(22-19(14)15)13-6-8-16(20-2)9-7-13/h4-12H,1-3H3. The van der Waals surface area contributed by atoms with Gasteiger partial charge in [-0.3, -0.25) is 0 Å². The van der Waals surface area contributed by atoms with E-state index in [2.05, 4.69) is 0 Å². The van der Waals surface area contributed by atoms with Crippen LogP contribution in [-0.2, 0) is 0 Å². The van der Waals surface area contributed by atoms with Crippen LogP contribution in [0.2, 0.25) is 0 Å². The Morgan fingerprint density at radius 1 is 0.909 bits per heavy atom. The number of benzene rings is 2. The van der Waals surface area contributed by atoms with Gasteiger partial charge < -0.3 is 13.9 Å². The van der Waals surface area contributed by atoms with Crippen LogP contribution in [0.1, 0.15) is 12.5 Å². The Balaban J connectivity index is 2.13. The Morgan fingerprint density at radius 3 is 2.27 bits per heavy atom. The van der Waals surface area contributed by atoms with Crippen LogP contribution in [0.15, 0.2) is 53.0 Å². The number of furan rings is 1. The van der Waals surface area contributed by atoms with E-state index in [4.69, 9.17) is 13.9 Å². The van der Waals surface area contributed by atoms with E-state index in [-0.39, 0.29) is 0 Å². The number of hydrogen-bond donors (Lipinski definition) is 0. The van der Waals surface area contributed by atoms with Gasteiger partial charge in [-0.2, -0.15) is 0 Å². The second-order valence-electron chi connectivity index (χ2n) is 4.97. The number of hydrogen-bond acceptors (Lipinski definition) is 3. The van der Waals surface area contributed by atoms with Crippen molar-refractivity contribution in [3.8, 4) is 22.8 Å². The molecule has 3 nitrogen and oxygen atoms in total. The SMILES string of the molecule is CC=Cc1cc(OC)cc2cc(-c3ccc(OC)cc3)oc12. The third kappa shape index (κ3) is 2.58. The van der Waals surface area contributed by atoms with E-state index >= 15 is 0 Å². The summed E-state index contributed by atoms with van der Waals surface area (Å²) < 4.78 is 16.6. The van der Waals surface area contributed by atoms with Gasteiger partial charge in [-0.05, 0) is 49.4 Å². The molecule has 1 aromatic heterocycles. The van der Waals surface area contributed by atoms with Crippen LogP contribution in [0.5, 0.6) is 11.5 Å². The van der Waals surface area contributed by atoms with Crippen LogP contribution in [0.3, 0.4) is 0 Å². The summed E-state index contributed by atoms with van der Waals surface area (Å²) in [5.41, 5.74) is 2.89. The second kappa shape index (κ2) is 5.98. The van der Waals surface area contributed by atoms with Gasteiger partial charge in [-0.15, -0.1) is 0 Å². The maximum atomic E-state index is 6.06. The van der Waals surface area contributed by atoms with E-state index in [1.54, 1.807) is 14.2 Å². The molecule has 0 saturated carbocycles. The molecule has 3 aromatic rings. The fourth-order valence-corrected chi connectivity index (χ4v) is 2.47. The van der Waals surface area contributed by atoms with Gasteiger partial charge >= 0.3 is 0 Å². The first-order valence-corrected chi connectivity index (χ1v) is 7.14. The highest BCUT2D eigenvalue weighted by Gasteiger charge is 2.11. The van der Waals surface area contributed by atoms with Crippen molar-refractivity contribution in [2.24, 2.45) is 0 Å². The van der Waals surface area contributed by atoms with Crippen molar-refractivity contribution in [3.63, 3.8) is 0 Å². The Morgan fingerprint density at radius 2 is 1.64 bits per heavy atom. The molecule has 0 aliphatic heterocycles. The van der Waals surface area contributed by atoms with Crippen molar-refractivity contribution in [2.75, 3.05) is 14.2 Å². The molecule has 0 radical (unpaired) electrons. The van der Waals surface area contributed by atoms with Gasteiger partial charge in [0.1, 0.15) is 22.8 Å². The zero-order chi connectivity index (χ0) is 15.5. The quantitative estimate of drug-likeness (QED) is 0.667. The summed E-state index contributed by atoms with van der Waals surface area (Å²) in [6.45, 7) is 1.98. The van der Waals surface area contributed by atoms with Crippen molar-refractivity contribution in [3.05, 3.63) is 54.1 Å². The molecule has 0 saturated heterocycles. The summed E-state index contributed by atoms with van der Waals surface area (Å²) in [5, 5.41) is 1.03. The highest BCUT2D eigenvalue weighted by molar-refractivity contribution is 5.90. The summed E-state index contributed by atoms with van der Waals surface area (Å²) in [6, 6.07) is 13.8. The fraction of sp³-hybridized carbons (Fsp3) is 0.158. The van der Waals surface area contributed by atoms with Crippen molar-refractivity contribution in [2.45, 2.75) is 6.92 Å². The molecule has 0 aliphatic carbocycles. The minimum atomic E-state index is 0.822. The number of allylic oxidation sites excluding steroid dienone is 1. The van der Waals surface area contributed by atoms with E-state index in [0.717, 1.165) is 39.4 Å². The predicted octanol–water partition coefficient (Wildman–Crippen LogP) is 5.15. The van der Waals surface area contributed by atoms with Crippen LogP contribution in [0.25, 0.3) is 28.4 Å². The minimum Gasteiger partial charge on any atom is -0.497 e. The second-order valence-corrected chi connectivity index (χ2v) is 4.97. The van der Waals surface area contributed by atoms with Crippen LogP contribution >= 0.6 is 0 Å². The molecule has 0 unspecified atom stereocenters. The van der Waals surface area contributed by atoms with E-state index < -0.39 is 0 Å². The highest BCUT2D eigenvalue weighted by Crippen LogP contribution is 2.34. The Bertz CT molecular complexity index is 811. The van der Waals surface area contributed by atoms with Gasteiger partial charge in [0.2, 0.25) is 0 Å². The van der Waals surface area contributed by atoms with Crippen LogP contribution in [0.4, 0.5) is 0 Å². The molecule has 0 spiro atoms. The highest BCUT2D eigenvalue weighted by atomic mass is 16.5. The molecule has 3 rings (SSSR count). The van der Waals surface area contributed by atoms with Gasteiger partial charge in [-0.1, -0.05) is 12.2 Å². The maximum absolute atomic E-state index is 6.06. The molecule has 0 atom stereocenters. The van der Waals surface area contributed by atoms with Gasteiger partial charge in [0.05, 0.1) is 14.2 Å². The van der Waals surface area contributed by atoms with E-state index in [0.29, 0.717) is 0 Å². The first kappa shape index (κ1) is 14.3. The predicted molar refractivity (Wildman–Crippen MR) is 89.5 cm³/mol. The third-order valence-electron chi connectivity index (χ3n) is 3.57. The normalized spacial score (nSPS) is 11.2. The summed E-state index contributed by atoms with van der Waals surface area (Å²) in [7, 11) is 3.33. The summed E-state index contributed by atoms with van der Waals surface area (Å²) >= 11 is 0. The van der Waals surface area contributed by atoms with Gasteiger partial charge in [0.15, 0.2) is 0 Å². The Hall–Kier alpha value is -2.68. The molecular weight excluding hydrogens is 276 g/mol. The lowest BCUT2D eigenvalue weighted by atomic mass is 10.1. The molecular formula is C19H18O3.